The number of hydrogen-bond donors (Lipinski definition) is 0. The number of esters is 1. The van der Waals surface area contributed by atoms with Crippen LogP contribution in [0.1, 0.15) is 25.8 Å². The fourth-order valence-electron chi connectivity index (χ4n) is 1.73. The lowest BCUT2D eigenvalue weighted by molar-refractivity contribution is -0.145. The molecule has 1 aromatic carbocycles. The van der Waals surface area contributed by atoms with Crippen LogP contribution in [-0.4, -0.2) is 18.8 Å². The van der Waals surface area contributed by atoms with Crippen LogP contribution in [0.4, 0.5) is 0 Å². The number of thioether (sulfide) groups is 1. The lowest BCUT2D eigenvalue weighted by Crippen LogP contribution is -2.17. The minimum Gasteiger partial charge on any atom is -0.469 e. The first kappa shape index (κ1) is 14.1. The number of carbonyl (C=O) groups is 1. The van der Waals surface area contributed by atoms with Crippen molar-refractivity contribution in [3.63, 3.8) is 0 Å². The third kappa shape index (κ3) is 4.43. The molecule has 0 saturated heterocycles. The smallest absolute Gasteiger partial charge is 0.308 e. The molecule has 0 fully saturated rings. The van der Waals surface area contributed by atoms with E-state index in [9.17, 15) is 4.79 Å². The summed E-state index contributed by atoms with van der Waals surface area (Å²) in [5.74, 6) is 0.947. The molecule has 0 aliphatic heterocycles. The van der Waals surface area contributed by atoms with Gasteiger partial charge in [0.1, 0.15) is 0 Å². The Bertz CT molecular complexity index is 346. The van der Waals surface area contributed by atoms with Crippen LogP contribution in [0.15, 0.2) is 29.2 Å². The molecule has 94 valence electrons. The third-order valence-corrected chi connectivity index (χ3v) is 3.64. The van der Waals surface area contributed by atoms with Gasteiger partial charge >= 0.3 is 5.97 Å². The predicted octanol–water partition coefficient (Wildman–Crippen LogP) is 3.54. The zero-order valence-electron chi connectivity index (χ0n) is 10.7. The molecular weight excluding hydrogens is 232 g/mol. The Morgan fingerprint density at radius 3 is 2.41 bits per heavy atom. The van der Waals surface area contributed by atoms with Gasteiger partial charge in [0.15, 0.2) is 0 Å². The van der Waals surface area contributed by atoms with Crippen LogP contribution in [0.3, 0.4) is 0 Å². The molecule has 1 unspecified atom stereocenters. The molecule has 0 aliphatic rings. The fraction of sp³-hybridized carbons (Fsp3) is 0.500. The average Bonchev–Trinajstić information content (AvgIpc) is 2.37. The summed E-state index contributed by atoms with van der Waals surface area (Å²) in [6.07, 6.45) is 1.58. The quantitative estimate of drug-likeness (QED) is 0.572. The van der Waals surface area contributed by atoms with E-state index < -0.39 is 0 Å². The van der Waals surface area contributed by atoms with Crippen molar-refractivity contribution in [1.29, 1.82) is 0 Å². The van der Waals surface area contributed by atoms with Gasteiger partial charge < -0.3 is 4.74 Å². The highest BCUT2D eigenvalue weighted by Gasteiger charge is 2.17. The Labute approximate surface area is 108 Å². The average molecular weight is 252 g/mol. The number of rotatable bonds is 6. The molecule has 2 nitrogen and oxygen atoms in total. The second kappa shape index (κ2) is 7.38. The molecule has 0 bridgehead atoms. The fourth-order valence-corrected chi connectivity index (χ4v) is 2.40. The van der Waals surface area contributed by atoms with Crippen molar-refractivity contribution >= 4 is 17.7 Å². The summed E-state index contributed by atoms with van der Waals surface area (Å²) < 4.78 is 4.79. The second-order valence-corrected chi connectivity index (χ2v) is 5.25. The first-order valence-corrected chi connectivity index (χ1v) is 6.99. The largest absolute Gasteiger partial charge is 0.469 e. The molecule has 0 spiro atoms. The molecule has 0 saturated carbocycles. The highest BCUT2D eigenvalue weighted by Crippen LogP contribution is 2.20. The van der Waals surface area contributed by atoms with Crippen molar-refractivity contribution in [1.82, 2.24) is 0 Å². The molecule has 0 radical (unpaired) electrons. The maximum atomic E-state index is 11.5. The van der Waals surface area contributed by atoms with E-state index in [1.165, 1.54) is 17.6 Å². The van der Waals surface area contributed by atoms with E-state index >= 15 is 0 Å². The molecule has 1 atom stereocenters. The van der Waals surface area contributed by atoms with Crippen LogP contribution in [0.25, 0.3) is 0 Å². The van der Waals surface area contributed by atoms with Crippen LogP contribution in [0.2, 0.25) is 0 Å². The third-order valence-electron chi connectivity index (χ3n) is 2.74. The van der Waals surface area contributed by atoms with Crippen LogP contribution >= 0.6 is 11.8 Å². The molecule has 0 amide bonds. The number of benzene rings is 1. The van der Waals surface area contributed by atoms with Crippen molar-refractivity contribution in [3.05, 3.63) is 29.8 Å². The zero-order valence-corrected chi connectivity index (χ0v) is 11.5. The van der Waals surface area contributed by atoms with E-state index in [-0.39, 0.29) is 11.9 Å². The molecule has 3 heteroatoms. The Morgan fingerprint density at radius 1 is 1.29 bits per heavy atom. The summed E-state index contributed by atoms with van der Waals surface area (Å²) in [4.78, 5) is 12.8. The van der Waals surface area contributed by atoms with Gasteiger partial charge in [0.2, 0.25) is 0 Å². The van der Waals surface area contributed by atoms with Crippen LogP contribution < -0.4 is 0 Å². The van der Waals surface area contributed by atoms with Gasteiger partial charge in [-0.05, 0) is 36.3 Å². The van der Waals surface area contributed by atoms with E-state index in [0.29, 0.717) is 0 Å². The summed E-state index contributed by atoms with van der Waals surface area (Å²) in [6, 6.07) is 8.44. The van der Waals surface area contributed by atoms with E-state index in [2.05, 4.69) is 31.2 Å². The predicted molar refractivity (Wildman–Crippen MR) is 72.3 cm³/mol. The van der Waals surface area contributed by atoms with Crippen LogP contribution in [0.5, 0.6) is 0 Å². The summed E-state index contributed by atoms with van der Waals surface area (Å²) in [6.45, 7) is 4.16. The highest BCUT2D eigenvalue weighted by molar-refractivity contribution is 7.99. The Morgan fingerprint density at radius 2 is 1.94 bits per heavy atom. The normalized spacial score (nSPS) is 12.2. The zero-order chi connectivity index (χ0) is 12.7. The Kier molecular flexibility index (Phi) is 6.12. The topological polar surface area (TPSA) is 26.3 Å². The van der Waals surface area contributed by atoms with E-state index in [4.69, 9.17) is 4.74 Å². The van der Waals surface area contributed by atoms with Gasteiger partial charge in [-0.15, -0.1) is 11.8 Å². The summed E-state index contributed by atoms with van der Waals surface area (Å²) >= 11 is 1.83. The minimum atomic E-state index is -0.112. The van der Waals surface area contributed by atoms with Gasteiger partial charge in [-0.25, -0.2) is 0 Å². The maximum absolute atomic E-state index is 11.5. The van der Waals surface area contributed by atoms with Gasteiger partial charge in [0.25, 0.3) is 0 Å². The Hall–Kier alpha value is -0.960. The monoisotopic (exact) mass is 252 g/mol. The molecular formula is C14H20O2S. The van der Waals surface area contributed by atoms with Gasteiger partial charge in [-0.2, -0.15) is 0 Å². The molecule has 1 aromatic rings. The molecule has 1 rings (SSSR count). The number of methoxy groups -OCH3 is 1. The van der Waals surface area contributed by atoms with Gasteiger partial charge in [-0.3, -0.25) is 4.79 Å². The van der Waals surface area contributed by atoms with E-state index in [1.54, 1.807) is 0 Å². The van der Waals surface area contributed by atoms with Crippen LogP contribution in [0, 0.1) is 5.92 Å². The van der Waals surface area contributed by atoms with Crippen molar-refractivity contribution in [2.24, 2.45) is 5.92 Å². The SMILES string of the molecule is CCSc1ccc(CC(CC)C(=O)OC)cc1. The molecule has 0 N–H and O–H groups in total. The first-order chi connectivity index (χ1) is 8.21. The number of carbonyl (C=O) groups excluding carboxylic acids is 1. The molecule has 0 aliphatic carbocycles. The van der Waals surface area contributed by atoms with Crippen LogP contribution in [-0.2, 0) is 16.0 Å². The van der Waals surface area contributed by atoms with Gasteiger partial charge in [0, 0.05) is 4.90 Å². The van der Waals surface area contributed by atoms with Crippen molar-refractivity contribution < 1.29 is 9.53 Å². The number of ether oxygens (including phenoxy) is 1. The van der Waals surface area contributed by atoms with Gasteiger partial charge in [-0.1, -0.05) is 26.0 Å². The lowest BCUT2D eigenvalue weighted by Gasteiger charge is -2.12. The summed E-state index contributed by atoms with van der Waals surface area (Å²) in [5, 5.41) is 0. The van der Waals surface area contributed by atoms with Crippen molar-refractivity contribution in [3.8, 4) is 0 Å². The molecule has 0 aromatic heterocycles. The lowest BCUT2D eigenvalue weighted by atomic mass is 9.97. The highest BCUT2D eigenvalue weighted by atomic mass is 32.2. The first-order valence-electron chi connectivity index (χ1n) is 6.00. The maximum Gasteiger partial charge on any atom is 0.308 e. The summed E-state index contributed by atoms with van der Waals surface area (Å²) in [5.41, 5.74) is 1.20. The molecule has 0 heterocycles. The number of hydrogen-bond acceptors (Lipinski definition) is 3. The van der Waals surface area contributed by atoms with E-state index in [0.717, 1.165) is 18.6 Å². The standard InChI is InChI=1S/C14H20O2S/c1-4-12(14(15)16-3)10-11-6-8-13(9-7-11)17-5-2/h6-9,12H,4-5,10H2,1-3H3. The Balaban J connectivity index is 2.64. The minimum absolute atomic E-state index is 0.0234. The summed E-state index contributed by atoms with van der Waals surface area (Å²) in [7, 11) is 1.45. The molecule has 17 heavy (non-hydrogen) atoms. The second-order valence-electron chi connectivity index (χ2n) is 3.91. The van der Waals surface area contributed by atoms with E-state index in [1.807, 2.05) is 18.7 Å². The van der Waals surface area contributed by atoms with Crippen molar-refractivity contribution in [2.75, 3.05) is 12.9 Å². The van der Waals surface area contributed by atoms with Gasteiger partial charge in [0.05, 0.1) is 13.0 Å². The van der Waals surface area contributed by atoms with Crippen molar-refractivity contribution in [2.45, 2.75) is 31.6 Å².